The first-order chi connectivity index (χ1) is 10.6. The zero-order valence-corrected chi connectivity index (χ0v) is 13.7. The fraction of sp³-hybridized carbons (Fsp3) is 0.556. The third-order valence-corrected chi connectivity index (χ3v) is 4.38. The van der Waals surface area contributed by atoms with Gasteiger partial charge in [-0.3, -0.25) is 4.90 Å². The van der Waals surface area contributed by atoms with Crippen LogP contribution in [-0.2, 0) is 6.54 Å². The SMILES string of the molecule is Cc1cccc(CN2CCC(c3nnc(C(C)C)o3)CC2)c1. The van der Waals surface area contributed by atoms with Crippen LogP contribution in [0.3, 0.4) is 0 Å². The summed E-state index contributed by atoms with van der Waals surface area (Å²) in [7, 11) is 0. The second kappa shape index (κ2) is 6.61. The summed E-state index contributed by atoms with van der Waals surface area (Å²) in [4.78, 5) is 2.52. The van der Waals surface area contributed by atoms with Crippen molar-refractivity contribution in [2.45, 2.75) is 52.0 Å². The molecule has 1 saturated heterocycles. The molecule has 0 spiro atoms. The Morgan fingerprint density at radius 1 is 1.23 bits per heavy atom. The largest absolute Gasteiger partial charge is 0.425 e. The van der Waals surface area contributed by atoms with E-state index in [1.54, 1.807) is 0 Å². The van der Waals surface area contributed by atoms with Crippen molar-refractivity contribution in [2.24, 2.45) is 0 Å². The summed E-state index contributed by atoms with van der Waals surface area (Å²) in [5, 5.41) is 8.40. The monoisotopic (exact) mass is 299 g/mol. The van der Waals surface area contributed by atoms with Crippen molar-refractivity contribution in [1.82, 2.24) is 15.1 Å². The highest BCUT2D eigenvalue weighted by atomic mass is 16.4. The molecule has 2 aromatic rings. The van der Waals surface area contributed by atoms with Crippen molar-refractivity contribution < 1.29 is 4.42 Å². The highest BCUT2D eigenvalue weighted by Gasteiger charge is 2.25. The molecule has 2 heterocycles. The lowest BCUT2D eigenvalue weighted by Gasteiger charge is -2.30. The van der Waals surface area contributed by atoms with Crippen LogP contribution in [-0.4, -0.2) is 28.2 Å². The maximum Gasteiger partial charge on any atom is 0.219 e. The van der Waals surface area contributed by atoms with E-state index < -0.39 is 0 Å². The maximum absolute atomic E-state index is 5.81. The van der Waals surface area contributed by atoms with Gasteiger partial charge in [0.05, 0.1) is 0 Å². The summed E-state index contributed by atoms with van der Waals surface area (Å²) in [5.41, 5.74) is 2.73. The third kappa shape index (κ3) is 3.55. The Hall–Kier alpha value is -1.68. The number of hydrogen-bond acceptors (Lipinski definition) is 4. The zero-order valence-electron chi connectivity index (χ0n) is 13.7. The molecule has 1 aliphatic rings. The normalized spacial score (nSPS) is 17.3. The standard InChI is InChI=1S/C18H25N3O/c1-13(2)17-19-20-18(22-17)16-7-9-21(10-8-16)12-15-6-4-5-14(3)11-15/h4-6,11,13,16H,7-10,12H2,1-3H3. The van der Waals surface area contributed by atoms with E-state index in [0.717, 1.165) is 44.3 Å². The van der Waals surface area contributed by atoms with Crippen LogP contribution in [0, 0.1) is 6.92 Å². The number of piperidine rings is 1. The van der Waals surface area contributed by atoms with Gasteiger partial charge in [0, 0.05) is 18.4 Å². The third-order valence-electron chi connectivity index (χ3n) is 4.38. The van der Waals surface area contributed by atoms with E-state index in [-0.39, 0.29) is 0 Å². The number of likely N-dealkylation sites (tertiary alicyclic amines) is 1. The van der Waals surface area contributed by atoms with Gasteiger partial charge in [0.2, 0.25) is 11.8 Å². The number of nitrogens with zero attached hydrogens (tertiary/aromatic N) is 3. The van der Waals surface area contributed by atoms with Crippen LogP contribution in [0.5, 0.6) is 0 Å². The quantitative estimate of drug-likeness (QED) is 0.859. The molecular formula is C18H25N3O. The first-order valence-corrected chi connectivity index (χ1v) is 8.23. The van der Waals surface area contributed by atoms with Crippen LogP contribution in [0.1, 0.15) is 61.4 Å². The zero-order chi connectivity index (χ0) is 15.5. The lowest BCUT2D eigenvalue weighted by Crippen LogP contribution is -2.32. The number of aromatic nitrogens is 2. The number of rotatable bonds is 4. The lowest BCUT2D eigenvalue weighted by atomic mass is 9.96. The Morgan fingerprint density at radius 2 is 2.00 bits per heavy atom. The van der Waals surface area contributed by atoms with Gasteiger partial charge in [-0.2, -0.15) is 0 Å². The van der Waals surface area contributed by atoms with Crippen LogP contribution < -0.4 is 0 Å². The molecule has 0 amide bonds. The molecule has 118 valence electrons. The van der Waals surface area contributed by atoms with Gasteiger partial charge in [-0.25, -0.2) is 0 Å². The van der Waals surface area contributed by atoms with E-state index in [1.165, 1.54) is 11.1 Å². The minimum Gasteiger partial charge on any atom is -0.425 e. The molecule has 1 aromatic carbocycles. The molecule has 0 radical (unpaired) electrons. The maximum atomic E-state index is 5.81. The molecule has 3 rings (SSSR count). The molecule has 0 saturated carbocycles. The van der Waals surface area contributed by atoms with Crippen LogP contribution in [0.15, 0.2) is 28.7 Å². The van der Waals surface area contributed by atoms with E-state index >= 15 is 0 Å². The Labute approximate surface area is 132 Å². The van der Waals surface area contributed by atoms with Crippen molar-refractivity contribution in [1.29, 1.82) is 0 Å². The molecule has 1 aliphatic heterocycles. The van der Waals surface area contributed by atoms with Gasteiger partial charge >= 0.3 is 0 Å². The van der Waals surface area contributed by atoms with E-state index in [4.69, 9.17) is 4.42 Å². The molecule has 22 heavy (non-hydrogen) atoms. The smallest absolute Gasteiger partial charge is 0.219 e. The van der Waals surface area contributed by atoms with Gasteiger partial charge < -0.3 is 4.42 Å². The summed E-state index contributed by atoms with van der Waals surface area (Å²) < 4.78 is 5.81. The molecule has 0 bridgehead atoms. The summed E-state index contributed by atoms with van der Waals surface area (Å²) in [6.45, 7) is 9.55. The average Bonchev–Trinajstić information content (AvgIpc) is 2.98. The summed E-state index contributed by atoms with van der Waals surface area (Å²) in [5.74, 6) is 2.33. The van der Waals surface area contributed by atoms with E-state index in [1.807, 2.05) is 0 Å². The average molecular weight is 299 g/mol. The fourth-order valence-corrected chi connectivity index (χ4v) is 3.05. The first-order valence-electron chi connectivity index (χ1n) is 8.23. The van der Waals surface area contributed by atoms with Crippen LogP contribution in [0.4, 0.5) is 0 Å². The predicted octanol–water partition coefficient (Wildman–Crippen LogP) is 3.88. The number of benzene rings is 1. The van der Waals surface area contributed by atoms with Crippen LogP contribution in [0.2, 0.25) is 0 Å². The number of hydrogen-bond donors (Lipinski definition) is 0. The van der Waals surface area contributed by atoms with Gasteiger partial charge in [-0.15, -0.1) is 10.2 Å². The Morgan fingerprint density at radius 3 is 2.64 bits per heavy atom. The Bertz CT molecular complexity index is 612. The lowest BCUT2D eigenvalue weighted by molar-refractivity contribution is 0.191. The van der Waals surface area contributed by atoms with Crippen molar-refractivity contribution in [2.75, 3.05) is 13.1 Å². The molecule has 0 aliphatic carbocycles. The molecular weight excluding hydrogens is 274 g/mol. The molecule has 0 N–H and O–H groups in total. The minimum atomic E-state index is 0.308. The van der Waals surface area contributed by atoms with Crippen molar-refractivity contribution in [3.8, 4) is 0 Å². The van der Waals surface area contributed by atoms with Gasteiger partial charge in [0.1, 0.15) is 0 Å². The van der Waals surface area contributed by atoms with E-state index in [0.29, 0.717) is 11.8 Å². The first kappa shape index (κ1) is 15.2. The molecule has 0 unspecified atom stereocenters. The van der Waals surface area contributed by atoms with E-state index in [2.05, 4.69) is 60.1 Å². The van der Waals surface area contributed by atoms with Crippen LogP contribution >= 0.6 is 0 Å². The Kier molecular flexibility index (Phi) is 4.57. The summed E-state index contributed by atoms with van der Waals surface area (Å²) in [6, 6.07) is 8.78. The fourth-order valence-electron chi connectivity index (χ4n) is 3.05. The van der Waals surface area contributed by atoms with Crippen molar-refractivity contribution in [3.63, 3.8) is 0 Å². The second-order valence-electron chi connectivity index (χ2n) is 6.67. The highest BCUT2D eigenvalue weighted by Crippen LogP contribution is 2.28. The van der Waals surface area contributed by atoms with Crippen molar-refractivity contribution >= 4 is 0 Å². The molecule has 1 aromatic heterocycles. The second-order valence-corrected chi connectivity index (χ2v) is 6.67. The Balaban J connectivity index is 1.55. The van der Waals surface area contributed by atoms with Gasteiger partial charge in [-0.05, 0) is 38.4 Å². The van der Waals surface area contributed by atoms with Gasteiger partial charge in [0.25, 0.3) is 0 Å². The predicted molar refractivity (Wildman–Crippen MR) is 86.8 cm³/mol. The summed E-state index contributed by atoms with van der Waals surface area (Å²) in [6.07, 6.45) is 2.21. The molecule has 1 fully saturated rings. The summed E-state index contributed by atoms with van der Waals surface area (Å²) >= 11 is 0. The minimum absolute atomic E-state index is 0.308. The highest BCUT2D eigenvalue weighted by molar-refractivity contribution is 5.22. The van der Waals surface area contributed by atoms with Gasteiger partial charge in [0.15, 0.2) is 0 Å². The molecule has 0 atom stereocenters. The van der Waals surface area contributed by atoms with Crippen molar-refractivity contribution in [3.05, 3.63) is 47.2 Å². The van der Waals surface area contributed by atoms with Gasteiger partial charge in [-0.1, -0.05) is 43.7 Å². The molecule has 4 nitrogen and oxygen atoms in total. The van der Waals surface area contributed by atoms with Crippen LogP contribution in [0.25, 0.3) is 0 Å². The molecule has 4 heteroatoms. The van der Waals surface area contributed by atoms with E-state index in [9.17, 15) is 0 Å². The number of aryl methyl sites for hydroxylation is 1. The topological polar surface area (TPSA) is 42.2 Å².